The maximum absolute atomic E-state index is 12.8. The monoisotopic (exact) mass is 426 g/mol. The van der Waals surface area contributed by atoms with Gasteiger partial charge in [-0.05, 0) is 42.8 Å². The predicted octanol–water partition coefficient (Wildman–Crippen LogP) is 5.79. The highest BCUT2D eigenvalue weighted by atomic mass is 32.2. The number of aryl methyl sites for hydroxylation is 1. The van der Waals surface area contributed by atoms with Crippen molar-refractivity contribution in [2.45, 2.75) is 49.9 Å². The molecule has 3 aromatic rings. The normalized spacial score (nSPS) is 15.2. The Balaban J connectivity index is 1.33. The lowest BCUT2D eigenvalue weighted by atomic mass is 10.1. The van der Waals surface area contributed by atoms with Gasteiger partial charge in [-0.15, -0.1) is 11.8 Å². The fraction of sp³-hybridized carbons (Fsp3) is 0.391. The molecule has 0 N–H and O–H groups in total. The van der Waals surface area contributed by atoms with Gasteiger partial charge in [0.1, 0.15) is 6.10 Å². The number of hydrogen-bond donors (Lipinski definition) is 0. The quantitative estimate of drug-likeness (QED) is 0.484. The molecule has 1 fully saturated rings. The van der Waals surface area contributed by atoms with Gasteiger partial charge in [0.2, 0.25) is 0 Å². The second kappa shape index (κ2) is 8.76. The third-order valence-corrected chi connectivity index (χ3v) is 7.00. The van der Waals surface area contributed by atoms with E-state index >= 15 is 0 Å². The van der Waals surface area contributed by atoms with Crippen LogP contribution < -0.4 is 4.74 Å². The largest absolute Gasteiger partial charge is 0.467 e. The highest BCUT2D eigenvalue weighted by molar-refractivity contribution is 7.99. The number of amides is 1. The second-order valence-electron chi connectivity index (χ2n) is 7.70. The van der Waals surface area contributed by atoms with Crippen LogP contribution in [-0.2, 0) is 0 Å². The average molecular weight is 427 g/mol. The SMILES string of the molecule is Cc1cccc2sc(OC3CCN(C(=O)c4ccc(SC(C)C)cc4)CC3)nc12. The topological polar surface area (TPSA) is 42.4 Å². The summed E-state index contributed by atoms with van der Waals surface area (Å²) >= 11 is 3.41. The number of carbonyl (C=O) groups is 1. The number of ether oxygens (including phenoxy) is 1. The Morgan fingerprint density at radius 1 is 1.17 bits per heavy atom. The fourth-order valence-electron chi connectivity index (χ4n) is 3.57. The molecule has 1 saturated heterocycles. The van der Waals surface area contributed by atoms with Crippen LogP contribution in [0.3, 0.4) is 0 Å². The number of carbonyl (C=O) groups excluding carboxylic acids is 1. The number of fused-ring (bicyclic) bond motifs is 1. The van der Waals surface area contributed by atoms with Gasteiger partial charge in [0.15, 0.2) is 0 Å². The Morgan fingerprint density at radius 3 is 2.55 bits per heavy atom. The molecule has 2 heterocycles. The summed E-state index contributed by atoms with van der Waals surface area (Å²) in [5.74, 6) is 0.111. The minimum absolute atomic E-state index is 0.111. The molecular formula is C23H26N2O2S2. The predicted molar refractivity (Wildman–Crippen MR) is 121 cm³/mol. The van der Waals surface area contributed by atoms with Crippen LogP contribution in [0.1, 0.15) is 42.6 Å². The maximum Gasteiger partial charge on any atom is 0.274 e. The van der Waals surface area contributed by atoms with Crippen LogP contribution in [-0.4, -0.2) is 40.2 Å². The maximum atomic E-state index is 12.8. The lowest BCUT2D eigenvalue weighted by Crippen LogP contribution is -2.41. The van der Waals surface area contributed by atoms with Crippen LogP contribution in [0.5, 0.6) is 5.19 Å². The van der Waals surface area contributed by atoms with Gasteiger partial charge in [0, 0.05) is 41.6 Å². The van der Waals surface area contributed by atoms with Crippen molar-refractivity contribution in [3.05, 3.63) is 53.6 Å². The highest BCUT2D eigenvalue weighted by Gasteiger charge is 2.25. The standard InChI is InChI=1S/C23H26N2O2S2/c1-15(2)28-19-9-7-17(8-10-19)22(26)25-13-11-18(12-14-25)27-23-24-21-16(3)5-4-6-20(21)29-23/h4-10,15,18H,11-14H2,1-3H3. The first-order valence-corrected chi connectivity index (χ1v) is 11.8. The van der Waals surface area contributed by atoms with Crippen LogP contribution in [0.4, 0.5) is 0 Å². The first kappa shape index (κ1) is 20.2. The molecule has 1 aliphatic rings. The second-order valence-corrected chi connectivity index (χ2v) is 10.3. The molecule has 4 nitrogen and oxygen atoms in total. The third-order valence-electron chi connectivity index (χ3n) is 5.07. The number of benzene rings is 2. The molecule has 1 aliphatic heterocycles. The van der Waals surface area contributed by atoms with Crippen molar-refractivity contribution in [2.75, 3.05) is 13.1 Å². The number of thioether (sulfide) groups is 1. The molecule has 1 aromatic heterocycles. The van der Waals surface area contributed by atoms with Crippen molar-refractivity contribution in [3.8, 4) is 5.19 Å². The minimum atomic E-state index is 0.111. The molecule has 152 valence electrons. The molecule has 0 atom stereocenters. The molecule has 0 aliphatic carbocycles. The number of nitrogens with zero attached hydrogens (tertiary/aromatic N) is 2. The molecule has 0 unspecified atom stereocenters. The summed E-state index contributed by atoms with van der Waals surface area (Å²) in [5, 5.41) is 1.27. The Kier molecular flexibility index (Phi) is 6.11. The van der Waals surface area contributed by atoms with Gasteiger partial charge in [-0.3, -0.25) is 4.79 Å². The zero-order valence-electron chi connectivity index (χ0n) is 17.1. The lowest BCUT2D eigenvalue weighted by molar-refractivity contribution is 0.0595. The summed E-state index contributed by atoms with van der Waals surface area (Å²) in [6.45, 7) is 7.85. The first-order valence-electron chi connectivity index (χ1n) is 10.1. The van der Waals surface area contributed by atoms with Gasteiger partial charge >= 0.3 is 0 Å². The molecule has 0 bridgehead atoms. The first-order chi connectivity index (χ1) is 14.0. The summed E-state index contributed by atoms with van der Waals surface area (Å²) in [6.07, 6.45) is 1.79. The summed E-state index contributed by atoms with van der Waals surface area (Å²) in [4.78, 5) is 20.6. The van der Waals surface area contributed by atoms with E-state index < -0.39 is 0 Å². The molecule has 2 aromatic carbocycles. The van der Waals surface area contributed by atoms with Gasteiger partial charge in [0.05, 0.1) is 10.2 Å². The van der Waals surface area contributed by atoms with Crippen LogP contribution >= 0.6 is 23.1 Å². The van der Waals surface area contributed by atoms with Crippen LogP contribution in [0, 0.1) is 6.92 Å². The van der Waals surface area contributed by atoms with E-state index in [1.165, 1.54) is 10.5 Å². The number of likely N-dealkylation sites (tertiary alicyclic amines) is 1. The van der Waals surface area contributed by atoms with Crippen molar-refractivity contribution < 1.29 is 9.53 Å². The van der Waals surface area contributed by atoms with Crippen molar-refractivity contribution in [2.24, 2.45) is 0 Å². The van der Waals surface area contributed by atoms with Crippen molar-refractivity contribution in [1.29, 1.82) is 0 Å². The summed E-state index contributed by atoms with van der Waals surface area (Å²) < 4.78 is 7.31. The van der Waals surface area contributed by atoms with E-state index in [1.807, 2.05) is 40.9 Å². The van der Waals surface area contributed by atoms with Crippen LogP contribution in [0.2, 0.25) is 0 Å². The molecular weight excluding hydrogens is 400 g/mol. The average Bonchev–Trinajstić information content (AvgIpc) is 3.12. The van der Waals surface area contributed by atoms with Gasteiger partial charge in [-0.2, -0.15) is 0 Å². The number of para-hydroxylation sites is 1. The fourth-order valence-corrected chi connectivity index (χ4v) is 5.36. The summed E-state index contributed by atoms with van der Waals surface area (Å²) in [6, 6.07) is 14.2. The van der Waals surface area contributed by atoms with E-state index in [4.69, 9.17) is 4.74 Å². The zero-order valence-corrected chi connectivity index (χ0v) is 18.7. The number of piperidine rings is 1. The molecule has 0 saturated carbocycles. The smallest absolute Gasteiger partial charge is 0.274 e. The number of aromatic nitrogens is 1. The van der Waals surface area contributed by atoms with Crippen molar-refractivity contribution in [1.82, 2.24) is 9.88 Å². The third kappa shape index (κ3) is 4.75. The molecule has 4 rings (SSSR count). The Hall–Kier alpha value is -2.05. The molecule has 0 radical (unpaired) electrons. The number of thiazole rings is 1. The van der Waals surface area contributed by atoms with E-state index in [-0.39, 0.29) is 12.0 Å². The van der Waals surface area contributed by atoms with Gasteiger partial charge in [-0.1, -0.05) is 37.3 Å². The van der Waals surface area contributed by atoms with E-state index in [1.54, 1.807) is 11.3 Å². The molecule has 0 spiro atoms. The molecule has 1 amide bonds. The molecule has 6 heteroatoms. The van der Waals surface area contributed by atoms with E-state index in [0.717, 1.165) is 46.9 Å². The van der Waals surface area contributed by atoms with Gasteiger partial charge < -0.3 is 9.64 Å². The Bertz CT molecular complexity index is 990. The Morgan fingerprint density at radius 2 is 1.90 bits per heavy atom. The summed E-state index contributed by atoms with van der Waals surface area (Å²) in [7, 11) is 0. The van der Waals surface area contributed by atoms with Crippen LogP contribution in [0.25, 0.3) is 10.2 Å². The number of rotatable bonds is 5. The van der Waals surface area contributed by atoms with Gasteiger partial charge in [-0.25, -0.2) is 4.98 Å². The highest BCUT2D eigenvalue weighted by Crippen LogP contribution is 2.31. The lowest BCUT2D eigenvalue weighted by Gasteiger charge is -2.31. The minimum Gasteiger partial charge on any atom is -0.467 e. The van der Waals surface area contributed by atoms with E-state index in [2.05, 4.69) is 44.0 Å². The number of hydrogen-bond acceptors (Lipinski definition) is 5. The van der Waals surface area contributed by atoms with Crippen molar-refractivity contribution >= 4 is 39.2 Å². The van der Waals surface area contributed by atoms with E-state index in [9.17, 15) is 4.79 Å². The Labute approximate surface area is 180 Å². The molecule has 29 heavy (non-hydrogen) atoms. The van der Waals surface area contributed by atoms with Crippen molar-refractivity contribution in [3.63, 3.8) is 0 Å². The van der Waals surface area contributed by atoms with Gasteiger partial charge in [0.25, 0.3) is 11.1 Å². The van der Waals surface area contributed by atoms with E-state index in [0.29, 0.717) is 5.25 Å². The van der Waals surface area contributed by atoms with Crippen LogP contribution in [0.15, 0.2) is 47.4 Å². The zero-order chi connectivity index (χ0) is 20.4. The summed E-state index contributed by atoms with van der Waals surface area (Å²) in [5.41, 5.74) is 2.96.